The molecule has 5 heteroatoms. The van der Waals surface area contributed by atoms with Gasteiger partial charge >= 0.3 is 0 Å². The van der Waals surface area contributed by atoms with Crippen LogP contribution in [0.15, 0.2) is 0 Å². The lowest BCUT2D eigenvalue weighted by Gasteiger charge is -2.60. The molecule has 0 radical (unpaired) electrons. The first-order valence-corrected chi connectivity index (χ1v) is 7.58. The molecular weight excluding hydrogens is 256 g/mol. The zero-order valence-corrected chi connectivity index (χ0v) is 12.0. The predicted octanol–water partition coefficient (Wildman–Crippen LogP) is 0.555. The summed E-state index contributed by atoms with van der Waals surface area (Å²) in [6, 6.07) is 0. The Labute approximate surface area is 119 Å². The molecule has 0 spiro atoms. The molecular formula is C15H24N2O3. The smallest absolute Gasteiger partial charge is 0.248 e. The molecule has 0 aromatic rings. The number of primary amides is 1. The first kappa shape index (κ1) is 13.9. The highest BCUT2D eigenvalue weighted by Crippen LogP contribution is 2.65. The van der Waals surface area contributed by atoms with Gasteiger partial charge in [-0.05, 0) is 55.8 Å². The van der Waals surface area contributed by atoms with Crippen molar-refractivity contribution in [2.45, 2.75) is 51.6 Å². The lowest BCUT2D eigenvalue weighted by Crippen LogP contribution is -2.57. The molecule has 4 rings (SSSR count). The van der Waals surface area contributed by atoms with Crippen LogP contribution in [-0.4, -0.2) is 29.6 Å². The van der Waals surface area contributed by atoms with Gasteiger partial charge < -0.3 is 16.2 Å². The van der Waals surface area contributed by atoms with Crippen LogP contribution in [-0.2, 0) is 9.59 Å². The van der Waals surface area contributed by atoms with Crippen LogP contribution >= 0.6 is 0 Å². The SMILES string of the molecule is CC12CC3CC(C1)CC(C(=O)NCC(O)C(N)=O)(C3)C2. The van der Waals surface area contributed by atoms with E-state index in [1.807, 2.05) is 0 Å². The van der Waals surface area contributed by atoms with Gasteiger partial charge in [0.05, 0.1) is 12.0 Å². The van der Waals surface area contributed by atoms with Gasteiger partial charge in [0, 0.05) is 0 Å². The summed E-state index contributed by atoms with van der Waals surface area (Å²) < 4.78 is 0. The van der Waals surface area contributed by atoms with E-state index in [1.165, 1.54) is 19.3 Å². The van der Waals surface area contributed by atoms with Crippen molar-refractivity contribution in [3.8, 4) is 0 Å². The summed E-state index contributed by atoms with van der Waals surface area (Å²) in [5.41, 5.74) is 5.05. The quantitative estimate of drug-likeness (QED) is 0.702. The second-order valence-electron chi connectivity index (χ2n) is 7.68. The molecule has 4 aliphatic carbocycles. The second kappa shape index (κ2) is 4.45. The van der Waals surface area contributed by atoms with Crippen molar-refractivity contribution in [1.82, 2.24) is 5.32 Å². The maximum absolute atomic E-state index is 12.6. The summed E-state index contributed by atoms with van der Waals surface area (Å²) in [6.07, 6.45) is 5.38. The first-order chi connectivity index (χ1) is 9.32. The van der Waals surface area contributed by atoms with E-state index in [4.69, 9.17) is 5.73 Å². The average Bonchev–Trinajstić information content (AvgIpc) is 2.32. The van der Waals surface area contributed by atoms with Crippen LogP contribution in [0.25, 0.3) is 0 Å². The van der Waals surface area contributed by atoms with E-state index in [9.17, 15) is 14.7 Å². The van der Waals surface area contributed by atoms with E-state index in [1.54, 1.807) is 0 Å². The monoisotopic (exact) mass is 280 g/mol. The van der Waals surface area contributed by atoms with Gasteiger partial charge in [-0.25, -0.2) is 0 Å². The largest absolute Gasteiger partial charge is 0.381 e. The van der Waals surface area contributed by atoms with Crippen molar-refractivity contribution in [2.24, 2.45) is 28.4 Å². The summed E-state index contributed by atoms with van der Waals surface area (Å²) in [6.45, 7) is 2.24. The van der Waals surface area contributed by atoms with Crippen LogP contribution < -0.4 is 11.1 Å². The molecule has 2 amide bonds. The Bertz CT molecular complexity index is 434. The number of nitrogens with two attached hydrogens (primary N) is 1. The molecule has 0 saturated heterocycles. The maximum atomic E-state index is 12.6. The van der Waals surface area contributed by atoms with E-state index in [-0.39, 0.29) is 17.9 Å². The Morgan fingerprint density at radius 2 is 1.90 bits per heavy atom. The third-order valence-electron chi connectivity index (χ3n) is 5.62. The molecule has 4 fully saturated rings. The van der Waals surface area contributed by atoms with Gasteiger partial charge in [0.25, 0.3) is 0 Å². The van der Waals surface area contributed by atoms with Crippen molar-refractivity contribution in [1.29, 1.82) is 0 Å². The van der Waals surface area contributed by atoms with E-state index in [2.05, 4.69) is 12.2 Å². The van der Waals surface area contributed by atoms with Crippen molar-refractivity contribution in [3.05, 3.63) is 0 Å². The molecule has 20 heavy (non-hydrogen) atoms. The number of hydrogen-bond acceptors (Lipinski definition) is 3. The molecule has 3 atom stereocenters. The number of rotatable bonds is 4. The third-order valence-corrected chi connectivity index (χ3v) is 5.62. The minimum Gasteiger partial charge on any atom is -0.381 e. The van der Waals surface area contributed by atoms with Gasteiger partial charge in [-0.15, -0.1) is 0 Å². The van der Waals surface area contributed by atoms with Gasteiger partial charge in [-0.1, -0.05) is 6.92 Å². The molecule has 4 aliphatic rings. The minimum atomic E-state index is -1.29. The highest BCUT2D eigenvalue weighted by Gasteiger charge is 2.58. The maximum Gasteiger partial charge on any atom is 0.248 e. The van der Waals surface area contributed by atoms with Gasteiger partial charge in [0.1, 0.15) is 6.10 Å². The van der Waals surface area contributed by atoms with Gasteiger partial charge in [-0.2, -0.15) is 0 Å². The zero-order valence-electron chi connectivity index (χ0n) is 12.0. The van der Waals surface area contributed by atoms with Crippen LogP contribution in [0.5, 0.6) is 0 Å². The number of carbonyl (C=O) groups excluding carboxylic acids is 2. The van der Waals surface area contributed by atoms with E-state index < -0.39 is 12.0 Å². The molecule has 4 saturated carbocycles. The zero-order chi connectivity index (χ0) is 14.5. The fourth-order valence-corrected chi connectivity index (χ4v) is 5.46. The topological polar surface area (TPSA) is 92.4 Å². The van der Waals surface area contributed by atoms with Crippen LogP contribution in [0.3, 0.4) is 0 Å². The van der Waals surface area contributed by atoms with Crippen molar-refractivity contribution >= 4 is 11.8 Å². The van der Waals surface area contributed by atoms with Crippen LogP contribution in [0.2, 0.25) is 0 Å². The first-order valence-electron chi connectivity index (χ1n) is 7.58. The highest BCUT2D eigenvalue weighted by molar-refractivity contribution is 5.84. The third kappa shape index (κ3) is 2.22. The fraction of sp³-hybridized carbons (Fsp3) is 0.867. The summed E-state index contributed by atoms with van der Waals surface area (Å²) >= 11 is 0. The number of hydrogen-bond donors (Lipinski definition) is 3. The fourth-order valence-electron chi connectivity index (χ4n) is 5.46. The summed E-state index contributed by atoms with van der Waals surface area (Å²) in [7, 11) is 0. The lowest BCUT2D eigenvalue weighted by atomic mass is 9.44. The van der Waals surface area contributed by atoms with Gasteiger partial charge in [-0.3, -0.25) is 9.59 Å². The molecule has 4 N–H and O–H groups in total. The van der Waals surface area contributed by atoms with E-state index in [0.717, 1.165) is 19.3 Å². The number of aliphatic hydroxyl groups excluding tert-OH is 1. The Morgan fingerprint density at radius 3 is 2.40 bits per heavy atom. The average molecular weight is 280 g/mol. The van der Waals surface area contributed by atoms with Gasteiger partial charge in [0.2, 0.25) is 11.8 Å². The lowest BCUT2D eigenvalue weighted by molar-refractivity contribution is -0.155. The Morgan fingerprint density at radius 1 is 1.30 bits per heavy atom. The highest BCUT2D eigenvalue weighted by atomic mass is 16.3. The van der Waals surface area contributed by atoms with E-state index in [0.29, 0.717) is 17.3 Å². The normalized spacial score (nSPS) is 43.3. The standard InChI is InChI=1S/C15H24N2O3/c1-14-3-9-2-10(4-14)6-15(5-9,8-14)13(20)17-7-11(18)12(16)19/h9-11,18H,2-8H2,1H3,(H2,16,19)(H,17,20). The molecule has 4 bridgehead atoms. The van der Waals surface area contributed by atoms with Crippen molar-refractivity contribution < 1.29 is 14.7 Å². The summed E-state index contributed by atoms with van der Waals surface area (Å²) in [5.74, 6) is 0.571. The van der Waals surface area contributed by atoms with Crippen LogP contribution in [0.4, 0.5) is 0 Å². The predicted molar refractivity (Wildman–Crippen MR) is 73.4 cm³/mol. The molecule has 0 aliphatic heterocycles. The van der Waals surface area contributed by atoms with E-state index >= 15 is 0 Å². The summed E-state index contributed by atoms with van der Waals surface area (Å²) in [4.78, 5) is 23.4. The summed E-state index contributed by atoms with van der Waals surface area (Å²) in [5, 5.41) is 12.2. The molecule has 5 nitrogen and oxygen atoms in total. The number of nitrogens with one attached hydrogen (secondary N) is 1. The second-order valence-corrected chi connectivity index (χ2v) is 7.68. The number of aliphatic hydroxyl groups is 1. The molecule has 0 aromatic carbocycles. The Balaban J connectivity index is 1.70. The van der Waals surface area contributed by atoms with Gasteiger partial charge in [0.15, 0.2) is 0 Å². The molecule has 112 valence electrons. The van der Waals surface area contributed by atoms with Crippen LogP contribution in [0.1, 0.15) is 45.4 Å². The van der Waals surface area contributed by atoms with Crippen molar-refractivity contribution in [3.63, 3.8) is 0 Å². The molecule has 0 aromatic heterocycles. The Hall–Kier alpha value is -1.10. The van der Waals surface area contributed by atoms with Crippen molar-refractivity contribution in [2.75, 3.05) is 6.54 Å². The molecule has 0 heterocycles. The number of carbonyl (C=O) groups is 2. The van der Waals surface area contributed by atoms with Crippen LogP contribution in [0, 0.1) is 22.7 Å². The Kier molecular flexibility index (Phi) is 3.08. The number of amides is 2. The minimum absolute atomic E-state index is 0.0122. The molecule has 3 unspecified atom stereocenters.